The number of alkyl halides is 3. The summed E-state index contributed by atoms with van der Waals surface area (Å²) in [6.07, 6.45) is -2.07. The van der Waals surface area contributed by atoms with Crippen molar-refractivity contribution < 1.29 is 22.8 Å². The maximum absolute atomic E-state index is 13.4. The summed E-state index contributed by atoms with van der Waals surface area (Å²) in [4.78, 5) is 17.9. The average molecular weight is 447 g/mol. The lowest BCUT2D eigenvalue weighted by Gasteiger charge is -2.15. The molecule has 8 nitrogen and oxygen atoms in total. The van der Waals surface area contributed by atoms with E-state index < -0.39 is 22.5 Å². The highest BCUT2D eigenvalue weighted by atomic mass is 19.4. The van der Waals surface area contributed by atoms with E-state index in [9.17, 15) is 23.3 Å². The second kappa shape index (κ2) is 9.94. The standard InChI is InChI=1S/C21H20F3N5O3/c1-2-3-12-32-17-10-6-15(7-11-17)27-20-25-13-18(21(22,23)24)19(28-20)26-14-4-8-16(9-5-14)29(30)31/h4-11,13H,2-3,12H2,1H3,(H2,25,26,27,28). The van der Waals surface area contributed by atoms with Gasteiger partial charge < -0.3 is 15.4 Å². The lowest BCUT2D eigenvalue weighted by molar-refractivity contribution is -0.384. The van der Waals surface area contributed by atoms with Crippen molar-refractivity contribution in [3.05, 3.63) is 70.4 Å². The van der Waals surface area contributed by atoms with Gasteiger partial charge in [0, 0.05) is 29.7 Å². The number of halogens is 3. The minimum atomic E-state index is -4.70. The fourth-order valence-corrected chi connectivity index (χ4v) is 2.65. The molecular formula is C21H20F3N5O3. The maximum Gasteiger partial charge on any atom is 0.421 e. The van der Waals surface area contributed by atoms with Crippen LogP contribution >= 0.6 is 0 Å². The van der Waals surface area contributed by atoms with Crippen LogP contribution in [-0.2, 0) is 6.18 Å². The van der Waals surface area contributed by atoms with Crippen molar-refractivity contribution in [3.8, 4) is 5.75 Å². The number of rotatable bonds is 9. The van der Waals surface area contributed by atoms with E-state index in [1.54, 1.807) is 24.3 Å². The third-order valence-corrected chi connectivity index (χ3v) is 4.31. The molecule has 0 saturated carbocycles. The molecule has 1 heterocycles. The van der Waals surface area contributed by atoms with Gasteiger partial charge in [-0.1, -0.05) is 13.3 Å². The average Bonchev–Trinajstić information content (AvgIpc) is 2.75. The number of hydrogen-bond acceptors (Lipinski definition) is 7. The SMILES string of the molecule is CCCCOc1ccc(Nc2ncc(C(F)(F)F)c(Nc3ccc([N+](=O)[O-])cc3)n2)cc1. The van der Waals surface area contributed by atoms with Gasteiger partial charge in [-0.2, -0.15) is 18.2 Å². The van der Waals surface area contributed by atoms with E-state index in [4.69, 9.17) is 4.74 Å². The summed E-state index contributed by atoms with van der Waals surface area (Å²) < 4.78 is 45.8. The molecule has 0 aliphatic carbocycles. The molecule has 0 atom stereocenters. The second-order valence-corrected chi connectivity index (χ2v) is 6.73. The van der Waals surface area contributed by atoms with E-state index in [-0.39, 0.29) is 17.3 Å². The van der Waals surface area contributed by atoms with Crippen molar-refractivity contribution in [1.82, 2.24) is 9.97 Å². The van der Waals surface area contributed by atoms with Crippen LogP contribution in [0, 0.1) is 10.1 Å². The van der Waals surface area contributed by atoms with Crippen LogP contribution in [0.15, 0.2) is 54.7 Å². The Hall–Kier alpha value is -3.89. The summed E-state index contributed by atoms with van der Waals surface area (Å²) >= 11 is 0. The van der Waals surface area contributed by atoms with Gasteiger partial charge in [0.05, 0.1) is 11.5 Å². The van der Waals surface area contributed by atoms with Gasteiger partial charge in [-0.15, -0.1) is 0 Å². The van der Waals surface area contributed by atoms with E-state index in [0.29, 0.717) is 24.2 Å². The van der Waals surface area contributed by atoms with Gasteiger partial charge in [-0.25, -0.2) is 4.98 Å². The molecule has 0 aliphatic rings. The Morgan fingerprint density at radius 3 is 2.25 bits per heavy atom. The number of unbranched alkanes of at least 4 members (excludes halogenated alkanes) is 1. The number of hydrogen-bond donors (Lipinski definition) is 2. The Kier molecular flexibility index (Phi) is 7.08. The van der Waals surface area contributed by atoms with E-state index in [2.05, 4.69) is 27.5 Å². The Balaban J connectivity index is 1.80. The molecule has 0 amide bonds. The van der Waals surface area contributed by atoms with E-state index in [0.717, 1.165) is 12.8 Å². The first kappa shape index (κ1) is 22.8. The molecule has 0 spiro atoms. The first-order chi connectivity index (χ1) is 15.3. The summed E-state index contributed by atoms with van der Waals surface area (Å²) in [6.45, 7) is 2.66. The highest BCUT2D eigenvalue weighted by Gasteiger charge is 2.35. The first-order valence-corrected chi connectivity index (χ1v) is 9.72. The van der Waals surface area contributed by atoms with Crippen molar-refractivity contribution in [2.75, 3.05) is 17.2 Å². The summed E-state index contributed by atoms with van der Waals surface area (Å²) in [7, 11) is 0. The Labute approximate surface area is 181 Å². The Bertz CT molecular complexity index is 1060. The molecular weight excluding hydrogens is 427 g/mol. The van der Waals surface area contributed by atoms with Crippen LogP contribution in [0.4, 0.5) is 42.0 Å². The Morgan fingerprint density at radius 1 is 1.03 bits per heavy atom. The van der Waals surface area contributed by atoms with Crippen LogP contribution in [0.1, 0.15) is 25.3 Å². The molecule has 3 aromatic rings. The first-order valence-electron chi connectivity index (χ1n) is 9.72. The molecule has 1 aromatic heterocycles. The number of aromatic nitrogens is 2. The molecule has 0 unspecified atom stereocenters. The van der Waals surface area contributed by atoms with Crippen LogP contribution in [-0.4, -0.2) is 21.5 Å². The summed E-state index contributed by atoms with van der Waals surface area (Å²) in [5.74, 6) is 0.142. The number of ether oxygens (including phenoxy) is 1. The van der Waals surface area contributed by atoms with Crippen LogP contribution < -0.4 is 15.4 Å². The van der Waals surface area contributed by atoms with Gasteiger partial charge in [-0.05, 0) is 42.8 Å². The molecule has 11 heteroatoms. The quantitative estimate of drug-likeness (QED) is 0.233. The summed E-state index contributed by atoms with van der Waals surface area (Å²) in [5, 5.41) is 16.2. The van der Waals surface area contributed by atoms with Crippen LogP contribution in [0.5, 0.6) is 5.75 Å². The molecule has 2 aromatic carbocycles. The predicted molar refractivity (Wildman–Crippen MR) is 114 cm³/mol. The van der Waals surface area contributed by atoms with E-state index in [1.807, 2.05) is 0 Å². The zero-order chi connectivity index (χ0) is 23.1. The number of anilines is 4. The largest absolute Gasteiger partial charge is 0.494 e. The smallest absolute Gasteiger partial charge is 0.421 e. The number of nitro benzene ring substituents is 1. The van der Waals surface area contributed by atoms with Crippen molar-refractivity contribution in [3.63, 3.8) is 0 Å². The van der Waals surface area contributed by atoms with E-state index in [1.165, 1.54) is 24.3 Å². The molecule has 0 bridgehead atoms. The zero-order valence-electron chi connectivity index (χ0n) is 17.0. The van der Waals surface area contributed by atoms with Crippen molar-refractivity contribution in [2.45, 2.75) is 25.9 Å². The summed E-state index contributed by atoms with van der Waals surface area (Å²) in [6, 6.07) is 11.8. The number of non-ortho nitro benzene ring substituents is 1. The minimum Gasteiger partial charge on any atom is -0.494 e. The number of nitro groups is 1. The molecule has 2 N–H and O–H groups in total. The number of nitrogens with one attached hydrogen (secondary N) is 2. The third kappa shape index (κ3) is 6.06. The van der Waals surface area contributed by atoms with Crippen LogP contribution in [0.2, 0.25) is 0 Å². The van der Waals surface area contributed by atoms with Crippen LogP contribution in [0.3, 0.4) is 0 Å². The van der Waals surface area contributed by atoms with Gasteiger partial charge >= 0.3 is 6.18 Å². The highest BCUT2D eigenvalue weighted by Crippen LogP contribution is 2.35. The lowest BCUT2D eigenvalue weighted by Crippen LogP contribution is -2.12. The van der Waals surface area contributed by atoms with Gasteiger partial charge in [0.25, 0.3) is 5.69 Å². The fourth-order valence-electron chi connectivity index (χ4n) is 2.65. The second-order valence-electron chi connectivity index (χ2n) is 6.73. The van der Waals surface area contributed by atoms with Crippen LogP contribution in [0.25, 0.3) is 0 Å². The predicted octanol–water partition coefficient (Wildman–Crippen LogP) is 6.07. The van der Waals surface area contributed by atoms with Gasteiger partial charge in [0.2, 0.25) is 5.95 Å². The zero-order valence-corrected chi connectivity index (χ0v) is 17.0. The molecule has 0 aliphatic heterocycles. The normalized spacial score (nSPS) is 11.1. The monoisotopic (exact) mass is 447 g/mol. The van der Waals surface area contributed by atoms with Gasteiger partial charge in [0.15, 0.2) is 0 Å². The topological polar surface area (TPSA) is 102 Å². The molecule has 32 heavy (non-hydrogen) atoms. The molecule has 3 rings (SSSR count). The molecule has 0 saturated heterocycles. The third-order valence-electron chi connectivity index (χ3n) is 4.31. The Morgan fingerprint density at radius 2 is 1.66 bits per heavy atom. The molecule has 0 fully saturated rings. The van der Waals surface area contributed by atoms with E-state index >= 15 is 0 Å². The number of nitrogens with zero attached hydrogens (tertiary/aromatic N) is 3. The molecule has 0 radical (unpaired) electrons. The van der Waals surface area contributed by atoms with Crippen molar-refractivity contribution in [2.24, 2.45) is 0 Å². The summed E-state index contributed by atoms with van der Waals surface area (Å²) in [5.41, 5.74) is -0.479. The maximum atomic E-state index is 13.4. The fraction of sp³-hybridized carbons (Fsp3) is 0.238. The van der Waals surface area contributed by atoms with Gasteiger partial charge in [-0.3, -0.25) is 10.1 Å². The molecule has 168 valence electrons. The minimum absolute atomic E-state index is 0.0536. The lowest BCUT2D eigenvalue weighted by atomic mass is 10.2. The van der Waals surface area contributed by atoms with Crippen molar-refractivity contribution in [1.29, 1.82) is 0 Å². The number of benzene rings is 2. The van der Waals surface area contributed by atoms with Gasteiger partial charge in [0.1, 0.15) is 17.1 Å². The van der Waals surface area contributed by atoms with Crippen molar-refractivity contribution >= 4 is 28.8 Å². The highest BCUT2D eigenvalue weighted by molar-refractivity contribution is 5.64.